The van der Waals surface area contributed by atoms with Crippen molar-refractivity contribution in [2.75, 3.05) is 46.8 Å². The number of esters is 1. The monoisotopic (exact) mass is 666 g/mol. The van der Waals surface area contributed by atoms with Gasteiger partial charge in [-0.25, -0.2) is 4.98 Å². The standard InChI is InChI=1S/C23H38N6O5.C11H10O.CH2O/c1-15-12-17(13-31-4)34-21(15)29-14-26-18-19(29)27-23(24)28-20(18)32-10-8-6-5-7-9-11-33-22(30)16(2)25-3;1-12-11-8-4-6-9-5-2-3-7-10(9)11;1-2/h14-17,21,25H,5-13H2,1-4H3,(H2,24,27,28);2-8H,1H3;1H2. The number of anilines is 1. The number of nitrogens with two attached hydrogens (primary N) is 1. The fourth-order valence-electron chi connectivity index (χ4n) is 5.44. The molecule has 1 saturated heterocycles. The van der Waals surface area contributed by atoms with Crippen LogP contribution in [0.5, 0.6) is 11.6 Å². The highest BCUT2D eigenvalue weighted by molar-refractivity contribution is 5.88. The summed E-state index contributed by atoms with van der Waals surface area (Å²) < 4.78 is 29.7. The molecule has 0 radical (unpaired) electrons. The zero-order valence-corrected chi connectivity index (χ0v) is 28.7. The van der Waals surface area contributed by atoms with E-state index in [-0.39, 0.29) is 36.2 Å². The number of aromatic nitrogens is 4. The van der Waals surface area contributed by atoms with Crippen molar-refractivity contribution in [3.63, 3.8) is 0 Å². The van der Waals surface area contributed by atoms with Crippen LogP contribution < -0.4 is 20.5 Å². The van der Waals surface area contributed by atoms with Gasteiger partial charge < -0.3 is 39.5 Å². The van der Waals surface area contributed by atoms with Gasteiger partial charge in [-0.15, -0.1) is 0 Å². The number of rotatable bonds is 15. The second kappa shape index (κ2) is 20.1. The number of hydrogen-bond donors (Lipinski definition) is 2. The van der Waals surface area contributed by atoms with Gasteiger partial charge in [-0.05, 0) is 44.7 Å². The van der Waals surface area contributed by atoms with E-state index in [0.717, 1.165) is 44.3 Å². The maximum atomic E-state index is 11.6. The Bertz CT molecular complexity index is 1550. The Morgan fingerprint density at radius 2 is 1.77 bits per heavy atom. The number of methoxy groups -OCH3 is 2. The van der Waals surface area contributed by atoms with Crippen molar-refractivity contribution in [1.29, 1.82) is 0 Å². The molecule has 4 atom stereocenters. The predicted octanol–water partition coefficient (Wildman–Crippen LogP) is 5.12. The van der Waals surface area contributed by atoms with Crippen molar-refractivity contribution in [3.05, 3.63) is 48.8 Å². The zero-order valence-electron chi connectivity index (χ0n) is 28.7. The number of hydrogen-bond acceptors (Lipinski definition) is 12. The summed E-state index contributed by atoms with van der Waals surface area (Å²) >= 11 is 0. The van der Waals surface area contributed by atoms with Crippen molar-refractivity contribution in [3.8, 4) is 11.6 Å². The van der Waals surface area contributed by atoms with Crippen LogP contribution in [0.2, 0.25) is 0 Å². The first-order valence-electron chi connectivity index (χ1n) is 16.3. The first-order valence-corrected chi connectivity index (χ1v) is 16.3. The summed E-state index contributed by atoms with van der Waals surface area (Å²) in [6, 6.07) is 14.0. The summed E-state index contributed by atoms with van der Waals surface area (Å²) in [4.78, 5) is 32.7. The lowest BCUT2D eigenvalue weighted by molar-refractivity contribution is -0.145. The van der Waals surface area contributed by atoms with Crippen LogP contribution in [0, 0.1) is 5.92 Å². The Labute approximate surface area is 282 Å². The number of likely N-dealkylation sites (N-methyl/N-ethyl adjacent to an activating group) is 1. The molecule has 13 nitrogen and oxygen atoms in total. The van der Waals surface area contributed by atoms with Crippen LogP contribution in [0.1, 0.15) is 58.6 Å². The summed E-state index contributed by atoms with van der Waals surface area (Å²) in [7, 11) is 5.11. The summed E-state index contributed by atoms with van der Waals surface area (Å²) in [5.74, 6) is 1.55. The second-order valence-corrected chi connectivity index (χ2v) is 11.5. The molecular weight excluding hydrogens is 616 g/mol. The molecule has 4 unspecified atom stereocenters. The Hall–Kier alpha value is -4.33. The van der Waals surface area contributed by atoms with Crippen molar-refractivity contribution in [2.45, 2.75) is 70.7 Å². The first kappa shape index (κ1) is 38.1. The number of carbonyl (C=O) groups excluding carboxylic acids is 2. The molecule has 0 spiro atoms. The lowest BCUT2D eigenvalue weighted by Gasteiger charge is -2.17. The number of nitrogen functional groups attached to an aromatic ring is 1. The van der Waals surface area contributed by atoms with Crippen LogP contribution in [-0.2, 0) is 23.8 Å². The smallest absolute Gasteiger partial charge is 0.322 e. The van der Waals surface area contributed by atoms with Crippen molar-refractivity contribution in [2.24, 2.45) is 5.92 Å². The van der Waals surface area contributed by atoms with Crippen LogP contribution in [-0.4, -0.2) is 85.5 Å². The van der Waals surface area contributed by atoms with E-state index in [1.54, 1.807) is 34.5 Å². The third kappa shape index (κ3) is 10.6. The van der Waals surface area contributed by atoms with E-state index in [2.05, 4.69) is 45.4 Å². The Morgan fingerprint density at radius 1 is 1.06 bits per heavy atom. The summed E-state index contributed by atoms with van der Waals surface area (Å²) in [5.41, 5.74) is 7.16. The van der Waals surface area contributed by atoms with Gasteiger partial charge in [0.25, 0.3) is 0 Å². The van der Waals surface area contributed by atoms with Crippen molar-refractivity contribution >= 4 is 40.6 Å². The molecule has 262 valence electrons. The quantitative estimate of drug-likeness (QED) is 0.127. The molecule has 0 bridgehead atoms. The number of ether oxygens (including phenoxy) is 5. The Balaban J connectivity index is 0.000000369. The van der Waals surface area contributed by atoms with Gasteiger partial charge in [-0.3, -0.25) is 9.36 Å². The highest BCUT2D eigenvalue weighted by Gasteiger charge is 2.35. The van der Waals surface area contributed by atoms with Crippen LogP contribution in [0.25, 0.3) is 21.9 Å². The topological polar surface area (TPSA) is 162 Å². The molecule has 2 aromatic heterocycles. The number of fused-ring (bicyclic) bond motifs is 2. The lowest BCUT2D eigenvalue weighted by Crippen LogP contribution is -2.32. The molecule has 1 aliphatic heterocycles. The number of carbonyl (C=O) groups is 2. The van der Waals surface area contributed by atoms with E-state index in [1.165, 1.54) is 10.8 Å². The third-order valence-corrected chi connectivity index (χ3v) is 8.01. The minimum atomic E-state index is -0.271. The van der Waals surface area contributed by atoms with Gasteiger partial charge in [-0.2, -0.15) is 9.97 Å². The van der Waals surface area contributed by atoms with Gasteiger partial charge in [0.2, 0.25) is 11.8 Å². The minimum Gasteiger partial charge on any atom is -0.496 e. The van der Waals surface area contributed by atoms with E-state index in [4.69, 9.17) is 34.2 Å². The molecule has 5 rings (SSSR count). The van der Waals surface area contributed by atoms with E-state index in [1.807, 2.05) is 35.6 Å². The second-order valence-electron chi connectivity index (χ2n) is 11.5. The van der Waals surface area contributed by atoms with Crippen LogP contribution in [0.15, 0.2) is 48.8 Å². The maximum Gasteiger partial charge on any atom is 0.322 e. The maximum absolute atomic E-state index is 11.6. The fraction of sp³-hybridized carbons (Fsp3) is 0.514. The molecule has 13 heteroatoms. The number of imidazole rings is 1. The normalized spacial score (nSPS) is 17.6. The van der Waals surface area contributed by atoms with Gasteiger partial charge in [-0.1, -0.05) is 62.6 Å². The van der Waals surface area contributed by atoms with E-state index in [0.29, 0.717) is 36.9 Å². The van der Waals surface area contributed by atoms with Gasteiger partial charge in [0.1, 0.15) is 24.8 Å². The zero-order chi connectivity index (χ0) is 34.9. The van der Waals surface area contributed by atoms with Crippen LogP contribution in [0.4, 0.5) is 5.95 Å². The van der Waals surface area contributed by atoms with E-state index >= 15 is 0 Å². The Kier molecular flexibility index (Phi) is 16.0. The van der Waals surface area contributed by atoms with Gasteiger partial charge >= 0.3 is 5.97 Å². The molecule has 4 aromatic rings. The highest BCUT2D eigenvalue weighted by Crippen LogP contribution is 2.36. The minimum absolute atomic E-state index is 0.0429. The fourth-order valence-corrected chi connectivity index (χ4v) is 5.44. The van der Waals surface area contributed by atoms with Crippen LogP contribution >= 0.6 is 0 Å². The highest BCUT2D eigenvalue weighted by atomic mass is 16.5. The summed E-state index contributed by atoms with van der Waals surface area (Å²) in [5, 5.41) is 5.26. The summed E-state index contributed by atoms with van der Waals surface area (Å²) in [6.45, 7) is 7.45. The average molecular weight is 667 g/mol. The molecule has 0 saturated carbocycles. The molecule has 2 aromatic carbocycles. The van der Waals surface area contributed by atoms with Gasteiger partial charge in [0, 0.05) is 18.4 Å². The lowest BCUT2D eigenvalue weighted by atomic mass is 10.1. The molecule has 48 heavy (non-hydrogen) atoms. The molecule has 0 amide bonds. The molecule has 1 fully saturated rings. The van der Waals surface area contributed by atoms with E-state index in [9.17, 15) is 4.79 Å². The molecule has 3 heterocycles. The number of unbranched alkanes of at least 4 members (excludes halogenated alkanes) is 4. The van der Waals surface area contributed by atoms with Gasteiger partial charge in [0.15, 0.2) is 11.2 Å². The molecule has 1 aliphatic rings. The SMILES string of the molecule is C=O.CNC(C)C(=O)OCCCCCCCOc1nc(N)nc2c1ncn2C1OC(COC)CC1C.COc1cccc2ccccc12. The molecule has 3 N–H and O–H groups in total. The number of benzene rings is 2. The van der Waals surface area contributed by atoms with Crippen molar-refractivity contribution < 1.29 is 33.3 Å². The predicted molar refractivity (Wildman–Crippen MR) is 185 cm³/mol. The molecule has 0 aliphatic carbocycles. The number of nitrogens with zero attached hydrogens (tertiary/aromatic N) is 4. The number of nitrogens with one attached hydrogen (secondary N) is 1. The van der Waals surface area contributed by atoms with Crippen LogP contribution in [0.3, 0.4) is 0 Å². The largest absolute Gasteiger partial charge is 0.496 e. The Morgan fingerprint density at radius 3 is 2.50 bits per heavy atom. The molecular formula is C35H50N6O7. The average Bonchev–Trinajstić information content (AvgIpc) is 3.70. The summed E-state index contributed by atoms with van der Waals surface area (Å²) in [6.07, 6.45) is 7.26. The first-order chi connectivity index (χ1) is 23.4. The van der Waals surface area contributed by atoms with E-state index < -0.39 is 0 Å². The third-order valence-electron chi connectivity index (χ3n) is 8.01. The van der Waals surface area contributed by atoms with Gasteiger partial charge in [0.05, 0.1) is 39.4 Å². The van der Waals surface area contributed by atoms with Crippen molar-refractivity contribution in [1.82, 2.24) is 24.8 Å².